The van der Waals surface area contributed by atoms with Crippen molar-refractivity contribution in [3.63, 3.8) is 0 Å². The summed E-state index contributed by atoms with van der Waals surface area (Å²) in [6, 6.07) is 13.4. The van der Waals surface area contributed by atoms with Gasteiger partial charge in [0.15, 0.2) is 17.3 Å². The molecule has 0 atom stereocenters. The Morgan fingerprint density at radius 3 is 2.31 bits per heavy atom. The van der Waals surface area contributed by atoms with Crippen LogP contribution in [0.5, 0.6) is 11.5 Å². The van der Waals surface area contributed by atoms with Crippen molar-refractivity contribution in [2.75, 3.05) is 13.7 Å². The first-order valence-electron chi connectivity index (χ1n) is 11.5. The van der Waals surface area contributed by atoms with Gasteiger partial charge in [0.25, 0.3) is 0 Å². The molecule has 2 aromatic rings. The normalized spacial score (nSPS) is 18.2. The van der Waals surface area contributed by atoms with Crippen molar-refractivity contribution < 1.29 is 24.2 Å². The van der Waals surface area contributed by atoms with Crippen molar-refractivity contribution >= 4 is 11.8 Å². The molecule has 1 N–H and O–H groups in total. The number of benzene rings is 2. The van der Waals surface area contributed by atoms with E-state index in [-0.39, 0.29) is 12.2 Å². The Labute approximate surface area is 189 Å². The number of rotatable bonds is 9. The van der Waals surface area contributed by atoms with E-state index in [1.807, 2.05) is 6.07 Å². The van der Waals surface area contributed by atoms with E-state index in [4.69, 9.17) is 9.47 Å². The minimum Gasteiger partial charge on any atom is -0.493 e. The molecule has 32 heavy (non-hydrogen) atoms. The monoisotopic (exact) mass is 436 g/mol. The molecule has 0 aliphatic heterocycles. The second-order valence-corrected chi connectivity index (χ2v) is 9.64. The Morgan fingerprint density at radius 1 is 0.969 bits per heavy atom. The van der Waals surface area contributed by atoms with E-state index in [0.29, 0.717) is 41.9 Å². The van der Waals surface area contributed by atoms with Crippen molar-refractivity contribution in [3.05, 3.63) is 59.2 Å². The number of methoxy groups -OCH3 is 1. The third kappa shape index (κ3) is 4.82. The zero-order valence-electron chi connectivity index (χ0n) is 19.0. The largest absolute Gasteiger partial charge is 0.493 e. The molecule has 0 aromatic heterocycles. The molecule has 2 aromatic carbocycles. The fourth-order valence-electron chi connectivity index (χ4n) is 4.92. The third-order valence-corrected chi connectivity index (χ3v) is 7.39. The first-order chi connectivity index (χ1) is 15.3. The highest BCUT2D eigenvalue weighted by atomic mass is 16.5. The molecule has 2 aliphatic rings. The maximum atomic E-state index is 13.1. The zero-order chi connectivity index (χ0) is 22.8. The van der Waals surface area contributed by atoms with Gasteiger partial charge in [0.1, 0.15) is 0 Å². The van der Waals surface area contributed by atoms with Crippen LogP contribution in [0.25, 0.3) is 0 Å². The maximum Gasteiger partial charge on any atom is 0.310 e. The molecule has 0 bridgehead atoms. The number of carboxylic acid groups (broad SMARTS) is 1. The van der Waals surface area contributed by atoms with Gasteiger partial charge in [-0.05, 0) is 74.6 Å². The average Bonchev–Trinajstić information content (AvgIpc) is 3.54. The van der Waals surface area contributed by atoms with E-state index in [1.165, 1.54) is 24.0 Å². The molecule has 5 nitrogen and oxygen atoms in total. The molecule has 0 saturated heterocycles. The van der Waals surface area contributed by atoms with Crippen LogP contribution in [-0.4, -0.2) is 30.6 Å². The number of hydrogen-bond acceptors (Lipinski definition) is 4. The number of carbonyl (C=O) groups excluding carboxylic acids is 1. The van der Waals surface area contributed by atoms with Crippen LogP contribution in [-0.2, 0) is 11.2 Å². The summed E-state index contributed by atoms with van der Waals surface area (Å²) in [5, 5.41) is 9.96. The molecule has 2 saturated carbocycles. The Balaban J connectivity index is 1.44. The highest BCUT2D eigenvalue weighted by molar-refractivity contribution is 5.99. The minimum absolute atomic E-state index is 0.0352. The van der Waals surface area contributed by atoms with E-state index in [9.17, 15) is 14.7 Å². The van der Waals surface area contributed by atoms with Crippen LogP contribution >= 0.6 is 0 Å². The first kappa shape index (κ1) is 22.4. The molecule has 0 radical (unpaired) electrons. The van der Waals surface area contributed by atoms with Crippen LogP contribution in [0.3, 0.4) is 0 Å². The SMILES string of the molecule is COc1ccc(C(=O)CC2(C(=O)O)CCC3(CC3)CC2)cc1OCCc1cccc(C)c1. The average molecular weight is 437 g/mol. The number of ketones is 1. The number of ether oxygens (including phenoxy) is 2. The highest BCUT2D eigenvalue weighted by Crippen LogP contribution is 2.60. The summed E-state index contributed by atoms with van der Waals surface area (Å²) in [4.78, 5) is 25.3. The molecular weight excluding hydrogens is 404 g/mol. The van der Waals surface area contributed by atoms with Crippen LogP contribution in [0.1, 0.15) is 66.4 Å². The van der Waals surface area contributed by atoms with Gasteiger partial charge < -0.3 is 14.6 Å². The van der Waals surface area contributed by atoms with Crippen molar-refractivity contribution in [1.82, 2.24) is 0 Å². The summed E-state index contributed by atoms with van der Waals surface area (Å²) >= 11 is 0. The molecule has 170 valence electrons. The number of carboxylic acids is 1. The van der Waals surface area contributed by atoms with Crippen LogP contribution in [0.15, 0.2) is 42.5 Å². The lowest BCUT2D eigenvalue weighted by molar-refractivity contribution is -0.151. The Hall–Kier alpha value is -2.82. The van der Waals surface area contributed by atoms with Crippen LogP contribution in [0.2, 0.25) is 0 Å². The van der Waals surface area contributed by atoms with Gasteiger partial charge in [-0.25, -0.2) is 0 Å². The highest BCUT2D eigenvalue weighted by Gasteiger charge is 2.52. The van der Waals surface area contributed by atoms with Gasteiger partial charge >= 0.3 is 5.97 Å². The van der Waals surface area contributed by atoms with Crippen LogP contribution in [0.4, 0.5) is 0 Å². The fourth-order valence-corrected chi connectivity index (χ4v) is 4.92. The van der Waals surface area contributed by atoms with Crippen LogP contribution < -0.4 is 9.47 Å². The summed E-state index contributed by atoms with van der Waals surface area (Å²) in [7, 11) is 1.57. The molecule has 5 heteroatoms. The van der Waals surface area contributed by atoms with Crippen molar-refractivity contribution in [2.45, 2.75) is 58.3 Å². The van der Waals surface area contributed by atoms with Gasteiger partial charge in [-0.3, -0.25) is 9.59 Å². The molecule has 2 aliphatic carbocycles. The zero-order valence-corrected chi connectivity index (χ0v) is 19.0. The van der Waals surface area contributed by atoms with E-state index in [0.717, 1.165) is 19.3 Å². The molecule has 2 fully saturated rings. The number of carbonyl (C=O) groups is 2. The van der Waals surface area contributed by atoms with Gasteiger partial charge in [0.05, 0.1) is 19.1 Å². The van der Waals surface area contributed by atoms with Crippen LogP contribution in [0, 0.1) is 17.8 Å². The predicted octanol–water partition coefficient (Wildman–Crippen LogP) is 5.62. The molecule has 0 unspecified atom stereocenters. The molecule has 1 spiro atoms. The minimum atomic E-state index is -0.947. The number of aryl methyl sites for hydroxylation is 1. The molecule has 0 amide bonds. The number of aliphatic carboxylic acids is 1. The molecule has 0 heterocycles. The fraction of sp³-hybridized carbons (Fsp3) is 0.481. The van der Waals surface area contributed by atoms with E-state index in [2.05, 4.69) is 25.1 Å². The van der Waals surface area contributed by atoms with Gasteiger partial charge in [-0.15, -0.1) is 0 Å². The van der Waals surface area contributed by atoms with E-state index in [1.54, 1.807) is 25.3 Å². The lowest BCUT2D eigenvalue weighted by Crippen LogP contribution is -2.38. The Morgan fingerprint density at radius 2 is 1.69 bits per heavy atom. The lowest BCUT2D eigenvalue weighted by Gasteiger charge is -2.36. The second-order valence-electron chi connectivity index (χ2n) is 9.64. The van der Waals surface area contributed by atoms with Gasteiger partial charge in [-0.1, -0.05) is 29.8 Å². The summed E-state index contributed by atoms with van der Waals surface area (Å²) in [5.41, 5.74) is 2.29. The standard InChI is InChI=1S/C27H32O5/c1-19-4-3-5-20(16-19)8-15-32-24-17-21(6-7-23(24)31-2)22(28)18-27(25(29)30)13-11-26(9-10-26)12-14-27/h3-7,16-17H,8-15,18H2,1-2H3,(H,29,30). The maximum absolute atomic E-state index is 13.1. The lowest BCUT2D eigenvalue weighted by atomic mass is 9.66. The van der Waals surface area contributed by atoms with Crippen molar-refractivity contribution in [1.29, 1.82) is 0 Å². The van der Waals surface area contributed by atoms with E-state index >= 15 is 0 Å². The predicted molar refractivity (Wildman–Crippen MR) is 123 cm³/mol. The summed E-state index contributed by atoms with van der Waals surface area (Å²) in [5.74, 6) is 0.0814. The topological polar surface area (TPSA) is 72.8 Å². The van der Waals surface area contributed by atoms with Crippen molar-refractivity contribution in [3.8, 4) is 11.5 Å². The summed E-state index contributed by atoms with van der Waals surface area (Å²) in [6.07, 6.45) is 6.20. The summed E-state index contributed by atoms with van der Waals surface area (Å²) in [6.45, 7) is 2.52. The van der Waals surface area contributed by atoms with Gasteiger partial charge in [0, 0.05) is 18.4 Å². The summed E-state index contributed by atoms with van der Waals surface area (Å²) < 4.78 is 11.4. The van der Waals surface area contributed by atoms with Gasteiger partial charge in [0.2, 0.25) is 0 Å². The molecule has 4 rings (SSSR count). The molecular formula is C27H32O5. The third-order valence-electron chi connectivity index (χ3n) is 7.39. The number of Topliss-reactive ketones (excluding diaryl/α,β-unsaturated/α-hetero) is 1. The smallest absolute Gasteiger partial charge is 0.310 e. The van der Waals surface area contributed by atoms with E-state index < -0.39 is 11.4 Å². The van der Waals surface area contributed by atoms with Gasteiger partial charge in [-0.2, -0.15) is 0 Å². The number of hydrogen-bond donors (Lipinski definition) is 1. The van der Waals surface area contributed by atoms with Crippen molar-refractivity contribution in [2.24, 2.45) is 10.8 Å². The Bertz CT molecular complexity index is 995. The quantitative estimate of drug-likeness (QED) is 0.516. The first-order valence-corrected chi connectivity index (χ1v) is 11.5. The Kier molecular flexibility index (Phi) is 6.27. The second kappa shape index (κ2) is 8.97.